The molecule has 3 aliphatic heterocycles. The van der Waals surface area contributed by atoms with Crippen LogP contribution in [0.25, 0.3) is 0 Å². The molecule has 2 saturated heterocycles. The number of likely N-dealkylation sites (tertiary alicyclic amines) is 1. The summed E-state index contributed by atoms with van der Waals surface area (Å²) in [5.74, 6) is 1.38. The van der Waals surface area contributed by atoms with Gasteiger partial charge in [0.15, 0.2) is 11.5 Å². The second kappa shape index (κ2) is 6.26. The third-order valence-corrected chi connectivity index (χ3v) is 5.39. The van der Waals surface area contributed by atoms with E-state index < -0.39 is 0 Å². The first-order valence-corrected chi connectivity index (χ1v) is 8.57. The molecule has 0 unspecified atom stereocenters. The third kappa shape index (κ3) is 2.63. The van der Waals surface area contributed by atoms with Gasteiger partial charge in [-0.15, -0.1) is 0 Å². The lowest BCUT2D eigenvalue weighted by Crippen LogP contribution is -2.56. The van der Waals surface area contributed by atoms with Crippen LogP contribution in [0.2, 0.25) is 0 Å². The van der Waals surface area contributed by atoms with Crippen LogP contribution in [0.15, 0.2) is 18.2 Å². The van der Waals surface area contributed by atoms with Gasteiger partial charge in [-0.1, -0.05) is 0 Å². The second-order valence-electron chi connectivity index (χ2n) is 6.64. The highest BCUT2D eigenvalue weighted by Gasteiger charge is 2.45. The zero-order chi connectivity index (χ0) is 16.6. The van der Waals surface area contributed by atoms with Crippen molar-refractivity contribution in [3.05, 3.63) is 23.8 Å². The van der Waals surface area contributed by atoms with E-state index in [4.69, 9.17) is 18.9 Å². The summed E-state index contributed by atoms with van der Waals surface area (Å²) in [6.45, 7) is 2.38. The molecular weight excluding hydrogens is 310 g/mol. The lowest BCUT2D eigenvalue weighted by atomic mass is 9.81. The van der Waals surface area contributed by atoms with Crippen molar-refractivity contribution in [3.63, 3.8) is 0 Å². The minimum atomic E-state index is -0.224. The smallest absolute Gasteiger partial charge is 0.253 e. The van der Waals surface area contributed by atoms with E-state index in [0.29, 0.717) is 30.2 Å². The van der Waals surface area contributed by atoms with Gasteiger partial charge in [0.2, 0.25) is 6.79 Å². The summed E-state index contributed by atoms with van der Waals surface area (Å²) in [7, 11) is 1.76. The SMILES string of the molecule is CO[C@@H]1CCCOC12CCN(C(=O)c1ccc3c(c1)OCO3)CC2. The van der Waals surface area contributed by atoms with Crippen molar-refractivity contribution in [2.24, 2.45) is 0 Å². The van der Waals surface area contributed by atoms with Crippen LogP contribution in [0.5, 0.6) is 11.5 Å². The third-order valence-electron chi connectivity index (χ3n) is 5.39. The van der Waals surface area contributed by atoms with Gasteiger partial charge in [-0.2, -0.15) is 0 Å². The van der Waals surface area contributed by atoms with Crippen molar-refractivity contribution < 1.29 is 23.7 Å². The van der Waals surface area contributed by atoms with E-state index in [0.717, 1.165) is 32.3 Å². The lowest BCUT2D eigenvalue weighted by Gasteiger charge is -2.48. The molecule has 1 amide bonds. The average molecular weight is 333 g/mol. The number of fused-ring (bicyclic) bond motifs is 1. The summed E-state index contributed by atoms with van der Waals surface area (Å²) in [6.07, 6.45) is 3.85. The summed E-state index contributed by atoms with van der Waals surface area (Å²) >= 11 is 0. The maximum Gasteiger partial charge on any atom is 0.253 e. The molecule has 0 aromatic heterocycles. The second-order valence-corrected chi connectivity index (χ2v) is 6.64. The van der Waals surface area contributed by atoms with Crippen LogP contribution < -0.4 is 9.47 Å². The Labute approximate surface area is 141 Å². The molecule has 0 radical (unpaired) electrons. The summed E-state index contributed by atoms with van der Waals surface area (Å²) in [5.41, 5.74) is 0.418. The molecule has 0 saturated carbocycles. The number of piperidine rings is 1. The highest BCUT2D eigenvalue weighted by Crippen LogP contribution is 2.38. The van der Waals surface area contributed by atoms with Crippen LogP contribution in [-0.2, 0) is 9.47 Å². The fraction of sp³-hybridized carbons (Fsp3) is 0.611. The standard InChI is InChI=1S/C18H23NO5/c1-21-16-3-2-10-24-18(16)6-8-19(9-7-18)17(20)13-4-5-14-15(11-13)23-12-22-14/h4-5,11,16H,2-3,6-10,12H2,1H3/t16-/m1/s1. The first-order valence-electron chi connectivity index (χ1n) is 8.57. The summed E-state index contributed by atoms with van der Waals surface area (Å²) in [4.78, 5) is 14.7. The van der Waals surface area contributed by atoms with E-state index in [1.807, 2.05) is 4.90 Å². The van der Waals surface area contributed by atoms with Gasteiger partial charge in [0, 0.05) is 32.4 Å². The minimum Gasteiger partial charge on any atom is -0.454 e. The highest BCUT2D eigenvalue weighted by molar-refractivity contribution is 5.95. The molecule has 0 aliphatic carbocycles. The molecule has 3 heterocycles. The van der Waals surface area contributed by atoms with Crippen LogP contribution in [-0.4, -0.2) is 56.1 Å². The van der Waals surface area contributed by atoms with Crippen LogP contribution in [0.1, 0.15) is 36.0 Å². The van der Waals surface area contributed by atoms with Crippen molar-refractivity contribution in [3.8, 4) is 11.5 Å². The molecule has 24 heavy (non-hydrogen) atoms. The monoisotopic (exact) mass is 333 g/mol. The van der Waals surface area contributed by atoms with Crippen LogP contribution >= 0.6 is 0 Å². The Hall–Kier alpha value is -1.79. The van der Waals surface area contributed by atoms with E-state index in [9.17, 15) is 4.79 Å². The Balaban J connectivity index is 1.44. The minimum absolute atomic E-state index is 0.0351. The number of carbonyl (C=O) groups is 1. The van der Waals surface area contributed by atoms with Crippen molar-refractivity contribution in [2.45, 2.75) is 37.4 Å². The Morgan fingerprint density at radius 1 is 1.25 bits per heavy atom. The number of hydrogen-bond acceptors (Lipinski definition) is 5. The molecule has 0 bridgehead atoms. The maximum absolute atomic E-state index is 12.8. The van der Waals surface area contributed by atoms with Gasteiger partial charge >= 0.3 is 0 Å². The molecule has 2 fully saturated rings. The zero-order valence-corrected chi connectivity index (χ0v) is 14.0. The number of benzene rings is 1. The van der Waals surface area contributed by atoms with E-state index in [-0.39, 0.29) is 24.4 Å². The quantitative estimate of drug-likeness (QED) is 0.830. The molecule has 3 aliphatic rings. The van der Waals surface area contributed by atoms with Gasteiger partial charge in [0.05, 0.1) is 11.7 Å². The Kier molecular flexibility index (Phi) is 4.10. The molecule has 1 atom stereocenters. The zero-order valence-electron chi connectivity index (χ0n) is 14.0. The largest absolute Gasteiger partial charge is 0.454 e. The van der Waals surface area contributed by atoms with Gasteiger partial charge in [0.1, 0.15) is 0 Å². The molecule has 6 heteroatoms. The Bertz CT molecular complexity index is 624. The number of ether oxygens (including phenoxy) is 4. The summed E-state index contributed by atoms with van der Waals surface area (Å²) in [6, 6.07) is 5.37. The molecular formula is C18H23NO5. The van der Waals surface area contributed by atoms with E-state index in [1.165, 1.54) is 0 Å². The van der Waals surface area contributed by atoms with E-state index in [1.54, 1.807) is 25.3 Å². The summed E-state index contributed by atoms with van der Waals surface area (Å²) < 4.78 is 22.4. The fourth-order valence-corrected chi connectivity index (χ4v) is 4.00. The van der Waals surface area contributed by atoms with Gasteiger partial charge < -0.3 is 23.8 Å². The van der Waals surface area contributed by atoms with Gasteiger partial charge in [0.25, 0.3) is 5.91 Å². The highest BCUT2D eigenvalue weighted by atomic mass is 16.7. The van der Waals surface area contributed by atoms with Crippen molar-refractivity contribution >= 4 is 5.91 Å². The Morgan fingerprint density at radius 2 is 2.04 bits per heavy atom. The van der Waals surface area contributed by atoms with Crippen LogP contribution in [0.3, 0.4) is 0 Å². The summed E-state index contributed by atoms with van der Waals surface area (Å²) in [5, 5.41) is 0. The number of rotatable bonds is 2. The van der Waals surface area contributed by atoms with Crippen LogP contribution in [0.4, 0.5) is 0 Å². The molecule has 1 aromatic carbocycles. The molecule has 1 spiro atoms. The van der Waals surface area contributed by atoms with Gasteiger partial charge in [-0.3, -0.25) is 4.79 Å². The average Bonchev–Trinajstić information content (AvgIpc) is 3.10. The fourth-order valence-electron chi connectivity index (χ4n) is 4.00. The first-order chi connectivity index (χ1) is 11.7. The topological polar surface area (TPSA) is 57.2 Å². The lowest BCUT2D eigenvalue weighted by molar-refractivity contribution is -0.183. The van der Waals surface area contributed by atoms with Crippen molar-refractivity contribution in [2.75, 3.05) is 33.6 Å². The maximum atomic E-state index is 12.8. The number of nitrogens with zero attached hydrogens (tertiary/aromatic N) is 1. The van der Waals surface area contributed by atoms with E-state index in [2.05, 4.69) is 0 Å². The van der Waals surface area contributed by atoms with Gasteiger partial charge in [-0.25, -0.2) is 0 Å². The molecule has 130 valence electrons. The number of carbonyl (C=O) groups excluding carboxylic acids is 1. The van der Waals surface area contributed by atoms with Crippen LogP contribution in [0, 0.1) is 0 Å². The normalized spacial score (nSPS) is 25.0. The number of methoxy groups -OCH3 is 1. The molecule has 6 nitrogen and oxygen atoms in total. The van der Waals surface area contributed by atoms with Crippen molar-refractivity contribution in [1.29, 1.82) is 0 Å². The Morgan fingerprint density at radius 3 is 2.83 bits per heavy atom. The first kappa shape index (κ1) is 15.7. The van der Waals surface area contributed by atoms with E-state index >= 15 is 0 Å². The predicted octanol–water partition coefficient (Wildman–Crippen LogP) is 2.22. The van der Waals surface area contributed by atoms with Gasteiger partial charge in [-0.05, 0) is 43.9 Å². The number of hydrogen-bond donors (Lipinski definition) is 0. The number of amides is 1. The molecule has 4 rings (SSSR count). The van der Waals surface area contributed by atoms with Crippen molar-refractivity contribution in [1.82, 2.24) is 4.90 Å². The molecule has 0 N–H and O–H groups in total. The molecule has 1 aromatic rings. The predicted molar refractivity (Wildman–Crippen MR) is 86.4 cm³/mol.